The summed E-state index contributed by atoms with van der Waals surface area (Å²) < 4.78 is 0. The van der Waals surface area contributed by atoms with E-state index in [1.54, 1.807) is 0 Å². The van der Waals surface area contributed by atoms with Gasteiger partial charge in [0.05, 0.1) is 12.7 Å². The van der Waals surface area contributed by atoms with Crippen LogP contribution in [0.4, 0.5) is 0 Å². The highest BCUT2D eigenvalue weighted by Crippen LogP contribution is 2.11. The highest BCUT2D eigenvalue weighted by Gasteiger charge is 2.12. The van der Waals surface area contributed by atoms with E-state index in [-0.39, 0.29) is 18.0 Å². The van der Waals surface area contributed by atoms with Gasteiger partial charge in [-0.15, -0.1) is 0 Å². The summed E-state index contributed by atoms with van der Waals surface area (Å²) in [7, 11) is 0. The minimum Gasteiger partial charge on any atom is -0.505 e. The molecule has 1 atom stereocenters. The predicted molar refractivity (Wildman–Crippen MR) is 51.3 cm³/mol. The molecule has 0 aliphatic rings. The van der Waals surface area contributed by atoms with Gasteiger partial charge < -0.3 is 20.6 Å². The molecule has 1 rings (SSSR count). The van der Waals surface area contributed by atoms with Gasteiger partial charge in [0.15, 0.2) is 5.69 Å². The number of carbonyl (C=O) groups excluding carboxylic acids is 1. The van der Waals surface area contributed by atoms with Crippen molar-refractivity contribution in [3.05, 3.63) is 24.0 Å². The second kappa shape index (κ2) is 5.28. The fourth-order valence-electron chi connectivity index (χ4n) is 0.931. The lowest BCUT2D eigenvalue weighted by atomic mass is 10.3. The van der Waals surface area contributed by atoms with Crippen LogP contribution in [0.1, 0.15) is 10.5 Å². The molecule has 0 saturated carbocycles. The largest absolute Gasteiger partial charge is 0.505 e. The summed E-state index contributed by atoms with van der Waals surface area (Å²) in [5.41, 5.74) is -0.109. The zero-order valence-corrected chi connectivity index (χ0v) is 7.92. The summed E-state index contributed by atoms with van der Waals surface area (Å²) in [5, 5.41) is 29.1. The lowest BCUT2D eigenvalue weighted by Crippen LogP contribution is -2.34. The Morgan fingerprint density at radius 1 is 1.60 bits per heavy atom. The summed E-state index contributed by atoms with van der Waals surface area (Å²) in [6, 6.07) is 2.83. The number of rotatable bonds is 4. The molecule has 82 valence electrons. The van der Waals surface area contributed by atoms with Gasteiger partial charge in [-0.25, -0.2) is 4.98 Å². The fourth-order valence-corrected chi connectivity index (χ4v) is 0.931. The Morgan fingerprint density at radius 3 is 2.93 bits per heavy atom. The van der Waals surface area contributed by atoms with Crippen LogP contribution in [0.3, 0.4) is 0 Å². The van der Waals surface area contributed by atoms with E-state index in [0.29, 0.717) is 0 Å². The van der Waals surface area contributed by atoms with Gasteiger partial charge in [-0.3, -0.25) is 4.79 Å². The van der Waals surface area contributed by atoms with Crippen LogP contribution in [0, 0.1) is 0 Å². The molecule has 15 heavy (non-hydrogen) atoms. The van der Waals surface area contributed by atoms with Crippen LogP contribution in [0.2, 0.25) is 0 Å². The van der Waals surface area contributed by atoms with Gasteiger partial charge >= 0.3 is 0 Å². The first-order valence-electron chi connectivity index (χ1n) is 4.36. The normalized spacial score (nSPS) is 12.1. The second-order valence-electron chi connectivity index (χ2n) is 2.92. The molecule has 0 radical (unpaired) electrons. The number of pyridine rings is 1. The molecule has 4 N–H and O–H groups in total. The monoisotopic (exact) mass is 212 g/mol. The molecule has 0 aromatic carbocycles. The molecule has 6 heteroatoms. The van der Waals surface area contributed by atoms with Crippen LogP contribution in [-0.2, 0) is 0 Å². The first-order chi connectivity index (χ1) is 7.15. The van der Waals surface area contributed by atoms with Crippen molar-refractivity contribution in [1.82, 2.24) is 10.3 Å². The third-order valence-electron chi connectivity index (χ3n) is 1.71. The number of aromatic nitrogens is 1. The first kappa shape index (κ1) is 11.4. The summed E-state index contributed by atoms with van der Waals surface area (Å²) >= 11 is 0. The number of aliphatic hydroxyl groups is 2. The maximum Gasteiger partial charge on any atom is 0.273 e. The van der Waals surface area contributed by atoms with Crippen LogP contribution in [0.25, 0.3) is 0 Å². The maximum atomic E-state index is 11.4. The minimum atomic E-state index is -1.01. The van der Waals surface area contributed by atoms with Crippen molar-refractivity contribution in [2.75, 3.05) is 13.2 Å². The Morgan fingerprint density at radius 2 is 2.33 bits per heavy atom. The van der Waals surface area contributed by atoms with Gasteiger partial charge in [-0.1, -0.05) is 0 Å². The number of nitrogens with zero attached hydrogens (tertiary/aromatic N) is 1. The number of aliphatic hydroxyl groups excluding tert-OH is 2. The molecule has 1 amide bonds. The Bertz CT molecular complexity index is 343. The van der Waals surface area contributed by atoms with Crippen molar-refractivity contribution in [1.29, 1.82) is 0 Å². The Balaban J connectivity index is 2.58. The number of amides is 1. The Labute approximate surface area is 86.2 Å². The fraction of sp³-hybridized carbons (Fsp3) is 0.333. The average molecular weight is 212 g/mol. The van der Waals surface area contributed by atoms with Gasteiger partial charge in [0, 0.05) is 12.7 Å². The van der Waals surface area contributed by atoms with Gasteiger partial charge in [0.2, 0.25) is 0 Å². The van der Waals surface area contributed by atoms with Crippen molar-refractivity contribution in [2.45, 2.75) is 6.10 Å². The van der Waals surface area contributed by atoms with Gasteiger partial charge in [0.25, 0.3) is 5.91 Å². The lowest BCUT2D eigenvalue weighted by Gasteiger charge is -2.08. The van der Waals surface area contributed by atoms with Crippen LogP contribution < -0.4 is 5.32 Å². The highest BCUT2D eigenvalue weighted by atomic mass is 16.3. The molecule has 0 fully saturated rings. The summed E-state index contributed by atoms with van der Waals surface area (Å²) in [6.07, 6.45) is 0.358. The average Bonchev–Trinajstić information content (AvgIpc) is 2.26. The van der Waals surface area contributed by atoms with E-state index >= 15 is 0 Å². The second-order valence-corrected chi connectivity index (χ2v) is 2.92. The van der Waals surface area contributed by atoms with Crippen molar-refractivity contribution in [3.63, 3.8) is 0 Å². The standard InChI is InChI=1S/C9H12N2O4/c12-5-6(13)4-11-9(15)8-7(14)2-1-3-10-8/h1-3,6,12-14H,4-5H2,(H,11,15). The number of carbonyl (C=O) groups is 1. The zero-order chi connectivity index (χ0) is 11.3. The topological polar surface area (TPSA) is 103 Å². The van der Waals surface area contributed by atoms with Gasteiger partial charge in [0.1, 0.15) is 5.75 Å². The molecule has 1 aromatic heterocycles. The molecule has 6 nitrogen and oxygen atoms in total. The first-order valence-corrected chi connectivity index (χ1v) is 4.36. The van der Waals surface area contributed by atoms with E-state index in [4.69, 9.17) is 10.2 Å². The maximum absolute atomic E-state index is 11.4. The van der Waals surface area contributed by atoms with E-state index in [1.807, 2.05) is 0 Å². The predicted octanol–water partition coefficient (Wildman–Crippen LogP) is -1.13. The van der Waals surface area contributed by atoms with Crippen molar-refractivity contribution in [2.24, 2.45) is 0 Å². The molecule has 0 saturated heterocycles. The zero-order valence-electron chi connectivity index (χ0n) is 7.92. The van der Waals surface area contributed by atoms with Crippen LogP contribution >= 0.6 is 0 Å². The molecular formula is C9H12N2O4. The highest BCUT2D eigenvalue weighted by molar-refractivity contribution is 5.94. The molecule has 0 aliphatic carbocycles. The van der Waals surface area contributed by atoms with E-state index in [0.717, 1.165) is 0 Å². The van der Waals surface area contributed by atoms with E-state index in [2.05, 4.69) is 10.3 Å². The summed E-state index contributed by atoms with van der Waals surface area (Å²) in [5.74, 6) is -0.825. The SMILES string of the molecule is O=C(NCC(O)CO)c1ncccc1O. The molecule has 0 spiro atoms. The van der Waals surface area contributed by atoms with Crippen LogP contribution in [0.15, 0.2) is 18.3 Å². The molecule has 1 aromatic rings. The van der Waals surface area contributed by atoms with Crippen molar-refractivity contribution in [3.8, 4) is 5.75 Å². The third-order valence-corrected chi connectivity index (χ3v) is 1.71. The number of nitrogens with one attached hydrogen (secondary N) is 1. The molecule has 0 aliphatic heterocycles. The van der Waals surface area contributed by atoms with Crippen molar-refractivity contribution < 1.29 is 20.1 Å². The lowest BCUT2D eigenvalue weighted by molar-refractivity contribution is 0.0797. The van der Waals surface area contributed by atoms with Crippen LogP contribution in [-0.4, -0.2) is 45.5 Å². The van der Waals surface area contributed by atoms with Crippen LogP contribution in [0.5, 0.6) is 5.75 Å². The quantitative estimate of drug-likeness (QED) is 0.505. The Hall–Kier alpha value is -1.66. The molecule has 1 unspecified atom stereocenters. The summed E-state index contributed by atoms with van der Waals surface area (Å²) in [6.45, 7) is -0.528. The number of hydrogen-bond acceptors (Lipinski definition) is 5. The molecule has 1 heterocycles. The van der Waals surface area contributed by atoms with E-state index in [1.165, 1.54) is 18.3 Å². The Kier molecular flexibility index (Phi) is 4.02. The van der Waals surface area contributed by atoms with E-state index < -0.39 is 18.6 Å². The molecular weight excluding hydrogens is 200 g/mol. The van der Waals surface area contributed by atoms with Gasteiger partial charge in [-0.2, -0.15) is 0 Å². The number of hydrogen-bond donors (Lipinski definition) is 4. The third kappa shape index (κ3) is 3.19. The van der Waals surface area contributed by atoms with E-state index in [9.17, 15) is 9.90 Å². The smallest absolute Gasteiger partial charge is 0.273 e. The van der Waals surface area contributed by atoms with Crippen molar-refractivity contribution >= 4 is 5.91 Å². The summed E-state index contributed by atoms with van der Waals surface area (Å²) in [4.78, 5) is 15.0. The minimum absolute atomic E-state index is 0.0919. The molecule has 0 bridgehead atoms. The number of aromatic hydroxyl groups is 1. The van der Waals surface area contributed by atoms with Gasteiger partial charge in [-0.05, 0) is 12.1 Å².